The first kappa shape index (κ1) is 12.9. The summed E-state index contributed by atoms with van der Waals surface area (Å²) in [6, 6.07) is 6.01. The van der Waals surface area contributed by atoms with Crippen LogP contribution in [-0.4, -0.2) is 27.5 Å². The van der Waals surface area contributed by atoms with Gasteiger partial charge in [-0.1, -0.05) is 12.1 Å². The molecule has 1 aromatic heterocycles. The van der Waals surface area contributed by atoms with E-state index in [-0.39, 0.29) is 17.3 Å². The highest BCUT2D eigenvalue weighted by Crippen LogP contribution is 2.21. The van der Waals surface area contributed by atoms with Gasteiger partial charge >= 0.3 is 0 Å². The lowest BCUT2D eigenvalue weighted by Crippen LogP contribution is -2.45. The maximum atomic E-state index is 11.4. The average molecular weight is 266 g/mol. The van der Waals surface area contributed by atoms with Crippen molar-refractivity contribution in [1.29, 1.82) is 0 Å². The molecule has 0 aliphatic rings. The molecule has 0 aliphatic heterocycles. The first-order valence-electron chi connectivity index (χ1n) is 5.80. The Hall–Kier alpha value is -1.55. The smallest absolute Gasteiger partial charge is 0.235 e. The number of nitrogens with zero attached hydrogens (tertiary/aromatic N) is 1. The van der Waals surface area contributed by atoms with Gasteiger partial charge in [0.2, 0.25) is 5.91 Å². The van der Waals surface area contributed by atoms with Gasteiger partial charge in [0.1, 0.15) is 5.88 Å². The topological polar surface area (TPSA) is 57.8 Å². The number of aromatic amines is 1. The molecular formula is C13H16ClN3O. The number of halogens is 1. The van der Waals surface area contributed by atoms with E-state index in [1.165, 1.54) is 0 Å². The molecular weight excluding hydrogens is 250 g/mol. The fraction of sp³-hybridized carbons (Fsp3) is 0.385. The highest BCUT2D eigenvalue weighted by Gasteiger charge is 2.21. The zero-order valence-electron chi connectivity index (χ0n) is 10.5. The Morgan fingerprint density at radius 2 is 2.28 bits per heavy atom. The summed E-state index contributed by atoms with van der Waals surface area (Å²) in [5.41, 5.74) is 1.82. The summed E-state index contributed by atoms with van der Waals surface area (Å²) >= 11 is 5.51. The number of carbonyl (C=O) groups is 1. The monoisotopic (exact) mass is 265 g/mol. The summed E-state index contributed by atoms with van der Waals surface area (Å²) in [5.74, 6) is -0.166. The third kappa shape index (κ3) is 2.82. The van der Waals surface area contributed by atoms with Gasteiger partial charge in [-0.25, -0.2) is 0 Å². The zero-order chi connectivity index (χ0) is 13.2. The predicted molar refractivity (Wildman–Crippen MR) is 72.7 cm³/mol. The van der Waals surface area contributed by atoms with Crippen LogP contribution in [0.4, 0.5) is 0 Å². The van der Waals surface area contributed by atoms with E-state index >= 15 is 0 Å². The van der Waals surface area contributed by atoms with Crippen LogP contribution in [0.3, 0.4) is 0 Å². The van der Waals surface area contributed by atoms with Gasteiger partial charge in [-0.15, -0.1) is 11.6 Å². The third-order valence-electron chi connectivity index (χ3n) is 2.81. The number of benzene rings is 1. The Labute approximate surface area is 111 Å². The minimum Gasteiger partial charge on any atom is -0.350 e. The number of fused-ring (bicyclic) bond motifs is 1. The minimum absolute atomic E-state index is 0.0145. The van der Waals surface area contributed by atoms with Gasteiger partial charge in [-0.3, -0.25) is 9.89 Å². The van der Waals surface area contributed by atoms with Gasteiger partial charge < -0.3 is 5.32 Å². The third-order valence-corrected chi connectivity index (χ3v) is 3.05. The van der Waals surface area contributed by atoms with Crippen molar-refractivity contribution >= 4 is 28.4 Å². The molecule has 1 amide bonds. The first-order valence-corrected chi connectivity index (χ1v) is 6.33. The molecule has 2 rings (SSSR count). The van der Waals surface area contributed by atoms with Gasteiger partial charge in [0.05, 0.1) is 11.7 Å². The lowest BCUT2D eigenvalue weighted by Gasteiger charge is -2.26. The number of hydrogen-bond acceptors (Lipinski definition) is 2. The summed E-state index contributed by atoms with van der Waals surface area (Å²) in [5, 5.41) is 11.0. The molecule has 96 valence electrons. The van der Waals surface area contributed by atoms with Crippen molar-refractivity contribution in [2.24, 2.45) is 0 Å². The van der Waals surface area contributed by atoms with E-state index < -0.39 is 0 Å². The molecule has 0 fully saturated rings. The number of rotatable bonds is 4. The van der Waals surface area contributed by atoms with E-state index in [0.717, 1.165) is 22.9 Å². The molecule has 0 atom stereocenters. The van der Waals surface area contributed by atoms with E-state index in [9.17, 15) is 4.79 Å². The van der Waals surface area contributed by atoms with Crippen LogP contribution in [0, 0.1) is 0 Å². The Morgan fingerprint density at radius 1 is 1.50 bits per heavy atom. The van der Waals surface area contributed by atoms with Crippen LogP contribution < -0.4 is 5.32 Å². The van der Waals surface area contributed by atoms with Crippen LogP contribution in [0.5, 0.6) is 0 Å². The average Bonchev–Trinajstić information content (AvgIpc) is 2.77. The summed E-state index contributed by atoms with van der Waals surface area (Å²) in [7, 11) is 0. The lowest BCUT2D eigenvalue weighted by atomic mass is 9.93. The second-order valence-corrected chi connectivity index (χ2v) is 5.26. The fourth-order valence-electron chi connectivity index (χ4n) is 2.11. The van der Waals surface area contributed by atoms with Gasteiger partial charge in [-0.05, 0) is 31.9 Å². The fourth-order valence-corrected chi connectivity index (χ4v) is 2.18. The van der Waals surface area contributed by atoms with Gasteiger partial charge in [0, 0.05) is 10.9 Å². The molecule has 2 N–H and O–H groups in total. The molecule has 2 aromatic rings. The minimum atomic E-state index is -0.336. The molecule has 0 bridgehead atoms. The Balaban J connectivity index is 2.22. The molecule has 5 heteroatoms. The standard InChI is InChI=1S/C13H16ClN3O/c1-13(2,16-12(18)7-14)6-9-4-3-5-11-10(9)8-15-17-11/h3-5,8H,6-7H2,1-2H3,(H,15,17)(H,16,18). The Morgan fingerprint density at radius 3 is 3.00 bits per heavy atom. The second-order valence-electron chi connectivity index (χ2n) is 4.99. The maximum absolute atomic E-state index is 11.4. The molecule has 0 aliphatic carbocycles. The summed E-state index contributed by atoms with van der Waals surface area (Å²) in [6.45, 7) is 3.97. The van der Waals surface area contributed by atoms with Crippen molar-refractivity contribution in [1.82, 2.24) is 15.5 Å². The largest absolute Gasteiger partial charge is 0.350 e. The van der Waals surface area contributed by atoms with Crippen molar-refractivity contribution in [3.63, 3.8) is 0 Å². The predicted octanol–water partition coefficient (Wildman–Crippen LogP) is 2.24. The molecule has 1 heterocycles. The second kappa shape index (κ2) is 4.98. The van der Waals surface area contributed by atoms with Crippen molar-refractivity contribution in [2.75, 3.05) is 5.88 Å². The Bertz CT molecular complexity index is 562. The van der Waals surface area contributed by atoms with E-state index in [2.05, 4.69) is 15.5 Å². The number of aromatic nitrogens is 2. The zero-order valence-corrected chi connectivity index (χ0v) is 11.2. The van der Waals surface area contributed by atoms with Crippen LogP contribution in [-0.2, 0) is 11.2 Å². The van der Waals surface area contributed by atoms with Crippen molar-refractivity contribution < 1.29 is 4.79 Å². The molecule has 0 spiro atoms. The maximum Gasteiger partial charge on any atom is 0.235 e. The van der Waals surface area contributed by atoms with Crippen LogP contribution in [0.25, 0.3) is 10.9 Å². The van der Waals surface area contributed by atoms with Crippen molar-refractivity contribution in [2.45, 2.75) is 25.8 Å². The molecule has 18 heavy (non-hydrogen) atoms. The van der Waals surface area contributed by atoms with Crippen LogP contribution in [0.2, 0.25) is 0 Å². The van der Waals surface area contributed by atoms with Crippen LogP contribution in [0.15, 0.2) is 24.4 Å². The molecule has 0 saturated carbocycles. The number of H-pyrrole nitrogens is 1. The molecule has 0 radical (unpaired) electrons. The van der Waals surface area contributed by atoms with Crippen molar-refractivity contribution in [3.05, 3.63) is 30.0 Å². The van der Waals surface area contributed by atoms with Gasteiger partial charge in [0.15, 0.2) is 0 Å². The van der Waals surface area contributed by atoms with E-state index in [4.69, 9.17) is 11.6 Å². The van der Waals surface area contributed by atoms with Gasteiger partial charge in [-0.2, -0.15) is 5.10 Å². The Kier molecular flexibility index (Phi) is 3.57. The number of nitrogens with one attached hydrogen (secondary N) is 2. The quantitative estimate of drug-likeness (QED) is 0.833. The first-order chi connectivity index (χ1) is 8.52. The van der Waals surface area contributed by atoms with E-state index in [1.54, 1.807) is 0 Å². The van der Waals surface area contributed by atoms with Crippen LogP contribution in [0.1, 0.15) is 19.4 Å². The number of amides is 1. The highest BCUT2D eigenvalue weighted by molar-refractivity contribution is 6.27. The van der Waals surface area contributed by atoms with Gasteiger partial charge in [0.25, 0.3) is 0 Å². The number of alkyl halides is 1. The highest BCUT2D eigenvalue weighted by atomic mass is 35.5. The van der Waals surface area contributed by atoms with E-state index in [1.807, 2.05) is 38.2 Å². The SMILES string of the molecule is CC(C)(Cc1cccc2[nH]ncc12)NC(=O)CCl. The lowest BCUT2D eigenvalue weighted by molar-refractivity contribution is -0.120. The molecule has 4 nitrogen and oxygen atoms in total. The normalized spacial score (nSPS) is 11.7. The summed E-state index contributed by atoms with van der Waals surface area (Å²) in [6.07, 6.45) is 2.54. The molecule has 1 aromatic carbocycles. The summed E-state index contributed by atoms with van der Waals surface area (Å²) in [4.78, 5) is 11.4. The summed E-state index contributed by atoms with van der Waals surface area (Å²) < 4.78 is 0. The number of hydrogen-bond donors (Lipinski definition) is 2. The number of carbonyl (C=O) groups excluding carboxylic acids is 1. The van der Waals surface area contributed by atoms with E-state index in [0.29, 0.717) is 0 Å². The molecule has 0 unspecified atom stereocenters. The van der Waals surface area contributed by atoms with Crippen molar-refractivity contribution in [3.8, 4) is 0 Å². The molecule has 0 saturated heterocycles. The van der Waals surface area contributed by atoms with Crippen LogP contribution >= 0.6 is 11.6 Å².